The van der Waals surface area contributed by atoms with Gasteiger partial charge in [-0.2, -0.15) is 0 Å². The van der Waals surface area contributed by atoms with E-state index in [2.05, 4.69) is 29.0 Å². The van der Waals surface area contributed by atoms with Gasteiger partial charge in [0.1, 0.15) is 24.0 Å². The van der Waals surface area contributed by atoms with E-state index in [-0.39, 0.29) is 11.6 Å². The predicted octanol–water partition coefficient (Wildman–Crippen LogP) is 3.14. The van der Waals surface area contributed by atoms with Crippen LogP contribution in [0.15, 0.2) is 36.4 Å². The quantitative estimate of drug-likeness (QED) is 0.772. The highest BCUT2D eigenvalue weighted by Crippen LogP contribution is 2.28. The van der Waals surface area contributed by atoms with Crippen LogP contribution < -0.4 is 4.74 Å². The Morgan fingerprint density at radius 2 is 1.87 bits per heavy atom. The Bertz CT molecular complexity index is 929. The van der Waals surface area contributed by atoms with Gasteiger partial charge in [0.25, 0.3) is 5.91 Å². The number of rotatable bonds is 3. The van der Waals surface area contributed by atoms with Crippen molar-refractivity contribution in [3.63, 3.8) is 0 Å². The minimum absolute atomic E-state index is 0.251. The predicted molar refractivity (Wildman–Crippen MR) is 110 cm³/mol. The maximum Gasteiger partial charge on any atom is 0.257 e. The van der Waals surface area contributed by atoms with Gasteiger partial charge < -0.3 is 14.5 Å². The molecule has 0 bridgehead atoms. The van der Waals surface area contributed by atoms with Crippen molar-refractivity contribution in [2.24, 2.45) is 0 Å². The molecule has 0 spiro atoms. The molecule has 2 aliphatic heterocycles. The highest BCUT2D eigenvalue weighted by Gasteiger charge is 2.28. The first-order valence-electron chi connectivity index (χ1n) is 10.3. The van der Waals surface area contributed by atoms with Gasteiger partial charge in [0.05, 0.1) is 18.2 Å². The van der Waals surface area contributed by atoms with Gasteiger partial charge in [0.15, 0.2) is 0 Å². The van der Waals surface area contributed by atoms with Gasteiger partial charge in [-0.15, -0.1) is 0 Å². The molecule has 1 amide bonds. The molecule has 7 heteroatoms. The van der Waals surface area contributed by atoms with Crippen LogP contribution in [0.4, 0.5) is 8.78 Å². The molecule has 0 aromatic heterocycles. The second kappa shape index (κ2) is 8.70. The number of halogens is 2. The van der Waals surface area contributed by atoms with Gasteiger partial charge >= 0.3 is 0 Å². The van der Waals surface area contributed by atoms with E-state index < -0.39 is 17.5 Å². The summed E-state index contributed by atoms with van der Waals surface area (Å²) in [6, 6.07) is 8.77. The molecule has 0 radical (unpaired) electrons. The number of carbonyl (C=O) groups is 1. The van der Waals surface area contributed by atoms with E-state index in [0.29, 0.717) is 13.2 Å². The third-order valence-corrected chi connectivity index (χ3v) is 5.90. The second-order valence-electron chi connectivity index (χ2n) is 8.24. The molecule has 4 rings (SSSR count). The molecule has 1 fully saturated rings. The summed E-state index contributed by atoms with van der Waals surface area (Å²) >= 11 is 0. The summed E-state index contributed by atoms with van der Waals surface area (Å²) in [6.07, 6.45) is 0. The van der Waals surface area contributed by atoms with Crippen LogP contribution in [0, 0.1) is 11.6 Å². The van der Waals surface area contributed by atoms with E-state index in [9.17, 15) is 13.6 Å². The Kier molecular flexibility index (Phi) is 6.01. The Balaban J connectivity index is 1.55. The Hall–Kier alpha value is -2.51. The van der Waals surface area contributed by atoms with Gasteiger partial charge in [-0.25, -0.2) is 8.78 Å². The van der Waals surface area contributed by atoms with E-state index in [1.807, 2.05) is 13.0 Å². The van der Waals surface area contributed by atoms with Crippen molar-refractivity contribution in [3.8, 4) is 5.75 Å². The fraction of sp³-hybridized carbons (Fsp3) is 0.435. The van der Waals surface area contributed by atoms with Crippen LogP contribution in [0.25, 0.3) is 0 Å². The first-order valence-corrected chi connectivity index (χ1v) is 10.3. The highest BCUT2D eigenvalue weighted by molar-refractivity contribution is 5.94. The topological polar surface area (TPSA) is 36.0 Å². The molecule has 2 heterocycles. The zero-order valence-electron chi connectivity index (χ0n) is 17.4. The van der Waals surface area contributed by atoms with Gasteiger partial charge in [-0.1, -0.05) is 6.07 Å². The monoisotopic (exact) mass is 415 g/mol. The van der Waals surface area contributed by atoms with Crippen molar-refractivity contribution >= 4 is 5.91 Å². The lowest BCUT2D eigenvalue weighted by atomic mass is 10.1. The van der Waals surface area contributed by atoms with Gasteiger partial charge in [-0.05, 0) is 49.9 Å². The molecule has 2 aromatic rings. The average molecular weight is 415 g/mol. The molecular weight excluding hydrogens is 388 g/mol. The summed E-state index contributed by atoms with van der Waals surface area (Å²) in [5.74, 6) is -1.14. The van der Waals surface area contributed by atoms with E-state index >= 15 is 0 Å². The fourth-order valence-corrected chi connectivity index (χ4v) is 3.99. The summed E-state index contributed by atoms with van der Waals surface area (Å²) in [5, 5.41) is 0. The molecule has 1 atom stereocenters. The van der Waals surface area contributed by atoms with E-state index in [4.69, 9.17) is 4.74 Å². The van der Waals surface area contributed by atoms with Gasteiger partial charge in [0, 0.05) is 38.3 Å². The van der Waals surface area contributed by atoms with Crippen LogP contribution in [0.3, 0.4) is 0 Å². The number of ether oxygens (including phenoxy) is 1. The number of hydrogen-bond acceptors (Lipinski definition) is 4. The third kappa shape index (κ3) is 4.47. The highest BCUT2D eigenvalue weighted by atomic mass is 19.1. The molecule has 0 N–H and O–H groups in total. The first-order chi connectivity index (χ1) is 14.4. The number of piperazine rings is 1. The zero-order valence-corrected chi connectivity index (χ0v) is 17.4. The number of hydrogen-bond donors (Lipinski definition) is 0. The lowest BCUT2D eigenvalue weighted by Gasteiger charge is -2.32. The molecule has 0 unspecified atom stereocenters. The zero-order chi connectivity index (χ0) is 21.3. The Morgan fingerprint density at radius 1 is 1.10 bits per heavy atom. The smallest absolute Gasteiger partial charge is 0.257 e. The molecule has 160 valence electrons. The van der Waals surface area contributed by atoms with E-state index in [1.54, 1.807) is 4.90 Å². The minimum atomic E-state index is -0.720. The number of nitrogens with zero attached hydrogens (tertiary/aromatic N) is 3. The lowest BCUT2D eigenvalue weighted by Crippen LogP contribution is -2.43. The van der Waals surface area contributed by atoms with Gasteiger partial charge in [-0.3, -0.25) is 9.69 Å². The van der Waals surface area contributed by atoms with Crippen molar-refractivity contribution in [1.29, 1.82) is 0 Å². The van der Waals surface area contributed by atoms with Gasteiger partial charge in [0.2, 0.25) is 0 Å². The molecule has 1 saturated heterocycles. The largest absolute Gasteiger partial charge is 0.491 e. The summed E-state index contributed by atoms with van der Waals surface area (Å²) in [4.78, 5) is 19.3. The van der Waals surface area contributed by atoms with E-state index in [1.165, 1.54) is 0 Å². The van der Waals surface area contributed by atoms with E-state index in [0.717, 1.165) is 67.8 Å². The molecule has 5 nitrogen and oxygen atoms in total. The maximum absolute atomic E-state index is 14.2. The molecule has 0 aliphatic carbocycles. The molecule has 0 saturated carbocycles. The fourth-order valence-electron chi connectivity index (χ4n) is 3.99. The molecule has 2 aliphatic rings. The Labute approximate surface area is 175 Å². The van der Waals surface area contributed by atoms with Crippen molar-refractivity contribution < 1.29 is 18.3 Å². The number of benzene rings is 2. The van der Waals surface area contributed by atoms with Crippen LogP contribution in [-0.4, -0.2) is 66.5 Å². The maximum atomic E-state index is 14.2. The third-order valence-electron chi connectivity index (χ3n) is 5.90. The molecule has 30 heavy (non-hydrogen) atoms. The SMILES string of the molecule is C[C@H]1COc2ccc(CN3CCN(C)CC3)cc2CN1C(=O)c1cc(F)ccc1F. The Morgan fingerprint density at radius 3 is 2.63 bits per heavy atom. The second-order valence-corrected chi connectivity index (χ2v) is 8.24. The van der Waals surface area contributed by atoms with Crippen LogP contribution in [0.1, 0.15) is 28.4 Å². The normalized spacial score (nSPS) is 20.4. The summed E-state index contributed by atoms with van der Waals surface area (Å²) in [6.45, 7) is 7.42. The summed E-state index contributed by atoms with van der Waals surface area (Å²) in [5.41, 5.74) is 1.79. The van der Waals surface area contributed by atoms with Crippen LogP contribution in [-0.2, 0) is 13.1 Å². The van der Waals surface area contributed by atoms with Crippen LogP contribution >= 0.6 is 0 Å². The van der Waals surface area contributed by atoms with Crippen molar-refractivity contribution in [3.05, 3.63) is 64.7 Å². The van der Waals surface area contributed by atoms with Crippen molar-refractivity contribution in [2.45, 2.75) is 26.1 Å². The standard InChI is InChI=1S/C23H27F2N3O2/c1-16-15-30-22-6-3-17(13-27-9-7-26(2)8-10-27)11-18(22)14-28(16)23(29)20-12-19(24)4-5-21(20)25/h3-6,11-12,16H,7-10,13-15H2,1-2H3/t16-/m0/s1. The first kappa shape index (κ1) is 20.8. The van der Waals surface area contributed by atoms with Crippen LogP contribution in [0.5, 0.6) is 5.75 Å². The van der Waals surface area contributed by atoms with Crippen molar-refractivity contribution in [1.82, 2.24) is 14.7 Å². The minimum Gasteiger partial charge on any atom is -0.491 e. The summed E-state index contributed by atoms with van der Waals surface area (Å²) in [7, 11) is 2.13. The molecule has 2 aromatic carbocycles. The van der Waals surface area contributed by atoms with Crippen LogP contribution in [0.2, 0.25) is 0 Å². The number of likely N-dealkylation sites (N-methyl/N-ethyl adjacent to an activating group) is 1. The number of carbonyl (C=O) groups excluding carboxylic acids is 1. The number of amides is 1. The average Bonchev–Trinajstić information content (AvgIpc) is 2.90. The molecular formula is C23H27F2N3O2. The van der Waals surface area contributed by atoms with Crippen molar-refractivity contribution in [2.75, 3.05) is 39.8 Å². The summed E-state index contributed by atoms with van der Waals surface area (Å²) < 4.78 is 33.7. The lowest BCUT2D eigenvalue weighted by molar-refractivity contribution is 0.0640. The number of fused-ring (bicyclic) bond motifs is 1.